The number of anilines is 1. The number of carbonyl (C=O) groups is 2. The van der Waals surface area contributed by atoms with Gasteiger partial charge in [-0.05, 0) is 34.1 Å². The van der Waals surface area contributed by atoms with Crippen LogP contribution in [0.5, 0.6) is 0 Å². The van der Waals surface area contributed by atoms with Crippen LogP contribution in [0.1, 0.15) is 0 Å². The van der Waals surface area contributed by atoms with Crippen LogP contribution in [0.3, 0.4) is 0 Å². The Labute approximate surface area is 111 Å². The molecule has 1 aromatic rings. The van der Waals surface area contributed by atoms with E-state index in [1.54, 1.807) is 18.2 Å². The molecule has 92 valence electrons. The Hall–Kier alpha value is -1.11. The minimum atomic E-state index is -1.12. The van der Waals surface area contributed by atoms with Crippen LogP contribution in [-0.2, 0) is 14.3 Å². The summed E-state index contributed by atoms with van der Waals surface area (Å²) < 4.78 is 5.28. The molecule has 0 saturated heterocycles. The lowest BCUT2D eigenvalue weighted by Gasteiger charge is -2.07. The number of benzene rings is 1. The minimum absolute atomic E-state index is 0.318. The molecule has 0 unspecified atom stereocenters. The molecule has 0 aliphatic heterocycles. The van der Waals surface area contributed by atoms with Crippen LogP contribution in [-0.4, -0.2) is 30.2 Å². The molecule has 0 fully saturated rings. The van der Waals surface area contributed by atoms with E-state index in [1.165, 1.54) is 0 Å². The maximum absolute atomic E-state index is 11.3. The number of halogens is 2. The third kappa shape index (κ3) is 5.16. The molecule has 0 aliphatic carbocycles. The van der Waals surface area contributed by atoms with Gasteiger partial charge in [-0.25, -0.2) is 4.79 Å². The lowest BCUT2D eigenvalue weighted by atomic mass is 10.3. The molecule has 0 heterocycles. The summed E-state index contributed by atoms with van der Waals surface area (Å²) in [5, 5.41) is 11.4. The van der Waals surface area contributed by atoms with Gasteiger partial charge in [0, 0.05) is 9.50 Å². The number of hydrogen-bond donors (Lipinski definition) is 2. The summed E-state index contributed by atoms with van der Waals surface area (Å²) in [6.07, 6.45) is 0. The van der Waals surface area contributed by atoms with E-state index in [4.69, 9.17) is 16.7 Å². The van der Waals surface area contributed by atoms with Crippen molar-refractivity contribution in [2.45, 2.75) is 0 Å². The summed E-state index contributed by atoms with van der Waals surface area (Å²) in [4.78, 5) is 21.5. The van der Waals surface area contributed by atoms with E-state index in [0.717, 1.165) is 0 Å². The van der Waals surface area contributed by atoms with E-state index in [1.807, 2.05) is 0 Å². The highest BCUT2D eigenvalue weighted by Crippen LogP contribution is 2.25. The lowest BCUT2D eigenvalue weighted by molar-refractivity contribution is -0.143. The minimum Gasteiger partial charge on any atom is -0.480 e. The highest BCUT2D eigenvalue weighted by molar-refractivity contribution is 9.10. The van der Waals surface area contributed by atoms with Crippen LogP contribution in [0.2, 0.25) is 5.02 Å². The second-order valence-corrected chi connectivity index (χ2v) is 4.35. The summed E-state index contributed by atoms with van der Waals surface area (Å²) >= 11 is 8.97. The topological polar surface area (TPSA) is 75.6 Å². The highest BCUT2D eigenvalue weighted by atomic mass is 79.9. The second kappa shape index (κ2) is 6.58. The molecule has 2 N–H and O–H groups in total. The molecule has 7 heteroatoms. The maximum Gasteiger partial charge on any atom is 0.329 e. The fraction of sp³-hybridized carbons (Fsp3) is 0.200. The van der Waals surface area contributed by atoms with Gasteiger partial charge < -0.3 is 15.2 Å². The van der Waals surface area contributed by atoms with Crippen LogP contribution in [0.15, 0.2) is 22.7 Å². The first-order valence-corrected chi connectivity index (χ1v) is 5.70. The molecule has 0 bridgehead atoms. The predicted octanol–water partition coefficient (Wildman–Crippen LogP) is 2.14. The molecule has 17 heavy (non-hydrogen) atoms. The van der Waals surface area contributed by atoms with E-state index in [0.29, 0.717) is 15.2 Å². The molecule has 0 aliphatic rings. The number of carboxylic acid groups (broad SMARTS) is 1. The Kier molecular flexibility index (Phi) is 5.40. The first-order valence-electron chi connectivity index (χ1n) is 4.53. The van der Waals surface area contributed by atoms with Crippen molar-refractivity contribution >= 4 is 45.1 Å². The molecule has 1 rings (SSSR count). The Morgan fingerprint density at radius 3 is 2.71 bits per heavy atom. The van der Waals surface area contributed by atoms with Gasteiger partial charge in [0.15, 0.2) is 0 Å². The zero-order valence-electron chi connectivity index (χ0n) is 8.57. The second-order valence-electron chi connectivity index (χ2n) is 3.06. The van der Waals surface area contributed by atoms with Gasteiger partial charge in [-0.1, -0.05) is 11.6 Å². The van der Waals surface area contributed by atoms with E-state index in [9.17, 15) is 9.59 Å². The quantitative estimate of drug-likeness (QED) is 0.871. The average Bonchev–Trinajstić information content (AvgIpc) is 2.21. The van der Waals surface area contributed by atoms with Gasteiger partial charge in [-0.2, -0.15) is 0 Å². The molecule has 1 amide bonds. The maximum atomic E-state index is 11.3. The Bertz CT molecular complexity index is 438. The van der Waals surface area contributed by atoms with Gasteiger partial charge in [0.25, 0.3) is 0 Å². The van der Waals surface area contributed by atoms with Gasteiger partial charge in [0.2, 0.25) is 5.91 Å². The Morgan fingerprint density at radius 1 is 1.41 bits per heavy atom. The van der Waals surface area contributed by atoms with Gasteiger partial charge in [-0.3, -0.25) is 4.79 Å². The summed E-state index contributed by atoms with van der Waals surface area (Å²) in [5.41, 5.74) is 0.540. The van der Waals surface area contributed by atoms with Crippen molar-refractivity contribution in [3.63, 3.8) is 0 Å². The van der Waals surface area contributed by atoms with Gasteiger partial charge >= 0.3 is 5.97 Å². The number of aliphatic carboxylic acids is 1. The molecule has 0 saturated carbocycles. The summed E-state index contributed by atoms with van der Waals surface area (Å²) in [5.74, 6) is -1.56. The summed E-state index contributed by atoms with van der Waals surface area (Å²) in [7, 11) is 0. The first kappa shape index (κ1) is 14.0. The molecular formula is C10H9BrClNO4. The van der Waals surface area contributed by atoms with Crippen LogP contribution in [0.4, 0.5) is 5.69 Å². The third-order valence-corrected chi connectivity index (χ3v) is 2.56. The molecule has 1 aromatic carbocycles. The van der Waals surface area contributed by atoms with Crippen molar-refractivity contribution in [2.75, 3.05) is 18.5 Å². The Balaban J connectivity index is 2.48. The van der Waals surface area contributed by atoms with Gasteiger partial charge in [-0.15, -0.1) is 0 Å². The van der Waals surface area contributed by atoms with Crippen LogP contribution in [0.25, 0.3) is 0 Å². The smallest absolute Gasteiger partial charge is 0.329 e. The average molecular weight is 323 g/mol. The molecule has 0 radical (unpaired) electrons. The number of amides is 1. The number of rotatable bonds is 5. The normalized spacial score (nSPS) is 10.0. The van der Waals surface area contributed by atoms with Crippen LogP contribution >= 0.6 is 27.5 Å². The monoisotopic (exact) mass is 321 g/mol. The fourth-order valence-corrected chi connectivity index (χ4v) is 1.79. The van der Waals surface area contributed by atoms with E-state index < -0.39 is 18.5 Å². The SMILES string of the molecule is O=C(O)COCC(=O)Nc1ccc(Cl)cc1Br. The molecule has 0 spiro atoms. The molecule has 0 atom stereocenters. The predicted molar refractivity (Wildman–Crippen MR) is 66.2 cm³/mol. The molecule has 5 nitrogen and oxygen atoms in total. The Morgan fingerprint density at radius 2 is 2.12 bits per heavy atom. The zero-order chi connectivity index (χ0) is 12.8. The molecule has 0 aromatic heterocycles. The first-order chi connectivity index (χ1) is 7.99. The fourth-order valence-electron chi connectivity index (χ4n) is 1.01. The summed E-state index contributed by atoms with van der Waals surface area (Å²) in [6, 6.07) is 4.89. The van der Waals surface area contributed by atoms with Crippen molar-refractivity contribution < 1.29 is 19.4 Å². The largest absolute Gasteiger partial charge is 0.480 e. The standard InChI is InChI=1S/C10H9BrClNO4/c11-7-3-6(12)1-2-8(7)13-9(14)4-17-5-10(15)16/h1-3H,4-5H2,(H,13,14)(H,15,16). The summed E-state index contributed by atoms with van der Waals surface area (Å²) in [6.45, 7) is -0.823. The third-order valence-electron chi connectivity index (χ3n) is 1.66. The van der Waals surface area contributed by atoms with E-state index in [2.05, 4.69) is 26.0 Å². The number of carbonyl (C=O) groups excluding carboxylic acids is 1. The number of nitrogens with one attached hydrogen (secondary N) is 1. The van der Waals surface area contributed by atoms with Crippen molar-refractivity contribution in [1.29, 1.82) is 0 Å². The van der Waals surface area contributed by atoms with Crippen LogP contribution in [0, 0.1) is 0 Å². The van der Waals surface area contributed by atoms with Gasteiger partial charge in [0.05, 0.1) is 5.69 Å². The van der Waals surface area contributed by atoms with Crippen molar-refractivity contribution in [1.82, 2.24) is 0 Å². The van der Waals surface area contributed by atoms with Crippen molar-refractivity contribution in [2.24, 2.45) is 0 Å². The van der Waals surface area contributed by atoms with Crippen molar-refractivity contribution in [3.05, 3.63) is 27.7 Å². The zero-order valence-corrected chi connectivity index (χ0v) is 10.9. The highest BCUT2D eigenvalue weighted by Gasteiger charge is 2.07. The number of ether oxygens (including phenoxy) is 1. The number of carboxylic acids is 1. The lowest BCUT2D eigenvalue weighted by Crippen LogP contribution is -2.20. The number of hydrogen-bond acceptors (Lipinski definition) is 3. The van der Waals surface area contributed by atoms with Crippen LogP contribution < -0.4 is 5.32 Å². The molecular weight excluding hydrogens is 313 g/mol. The van der Waals surface area contributed by atoms with E-state index >= 15 is 0 Å². The van der Waals surface area contributed by atoms with Crippen molar-refractivity contribution in [3.8, 4) is 0 Å². The van der Waals surface area contributed by atoms with E-state index in [-0.39, 0.29) is 6.61 Å². The van der Waals surface area contributed by atoms with Gasteiger partial charge in [0.1, 0.15) is 13.2 Å².